The molecule has 11 nitrogen and oxygen atoms in total. The van der Waals surface area contributed by atoms with Crippen molar-refractivity contribution in [3.05, 3.63) is 23.3 Å². The molecule has 0 spiro atoms. The average molecular weight is 575 g/mol. The number of methoxy groups -OCH3 is 1. The smallest absolute Gasteiger partial charge is 0.327 e. The van der Waals surface area contributed by atoms with Gasteiger partial charge in [0, 0.05) is 19.1 Å². The second-order valence-electron chi connectivity index (χ2n) is 10.7. The molecule has 0 unspecified atom stereocenters. The molecule has 0 aliphatic heterocycles. The van der Waals surface area contributed by atoms with E-state index in [1.165, 1.54) is 16.6 Å². The average Bonchev–Trinajstić information content (AvgIpc) is 3.23. The predicted octanol–water partition coefficient (Wildman–Crippen LogP) is 4.48. The highest BCUT2D eigenvalue weighted by Crippen LogP contribution is 2.35. The fraction of sp³-hybridized carbons (Fsp3) is 0.600. The zero-order valence-corrected chi connectivity index (χ0v) is 24.2. The van der Waals surface area contributed by atoms with Gasteiger partial charge >= 0.3 is 8.60 Å². The van der Waals surface area contributed by atoms with E-state index in [9.17, 15) is 18.4 Å². The van der Waals surface area contributed by atoms with E-state index in [0.29, 0.717) is 25.9 Å². The van der Waals surface area contributed by atoms with Gasteiger partial charge in [0.1, 0.15) is 23.8 Å². The summed E-state index contributed by atoms with van der Waals surface area (Å²) in [6.07, 6.45) is 1.51. The molecular formula is C25H37F2N4O7P. The lowest BCUT2D eigenvalue weighted by atomic mass is 9.92. The van der Waals surface area contributed by atoms with Gasteiger partial charge in [-0.3, -0.25) is 14.5 Å². The van der Waals surface area contributed by atoms with E-state index in [2.05, 4.69) is 14.2 Å². The number of rotatable bonds is 11. The number of aromatic nitrogens is 2. The number of carbonyl (C=O) groups excluding carboxylic acids is 2. The molecule has 1 aromatic carbocycles. The molecule has 0 atom stereocenters. The van der Waals surface area contributed by atoms with Gasteiger partial charge in [0.05, 0.1) is 18.8 Å². The highest BCUT2D eigenvalue weighted by atomic mass is 31.2. The maximum atomic E-state index is 15.0. The monoisotopic (exact) mass is 574 g/mol. The lowest BCUT2D eigenvalue weighted by Gasteiger charge is -2.30. The van der Waals surface area contributed by atoms with Crippen molar-refractivity contribution < 1.29 is 42.2 Å². The lowest BCUT2D eigenvalue weighted by molar-refractivity contribution is -0.128. The van der Waals surface area contributed by atoms with Crippen LogP contribution < -0.4 is 4.90 Å². The molecule has 2 N–H and O–H groups in total. The van der Waals surface area contributed by atoms with Crippen LogP contribution in [0.25, 0.3) is 11.0 Å². The van der Waals surface area contributed by atoms with Gasteiger partial charge in [-0.05, 0) is 45.1 Å². The van der Waals surface area contributed by atoms with E-state index in [1.54, 1.807) is 26.8 Å². The van der Waals surface area contributed by atoms with Gasteiger partial charge in [-0.1, -0.05) is 20.8 Å². The van der Waals surface area contributed by atoms with Crippen molar-refractivity contribution in [1.29, 1.82) is 5.26 Å². The van der Waals surface area contributed by atoms with Crippen LogP contribution in [0.3, 0.4) is 0 Å². The van der Waals surface area contributed by atoms with E-state index < -0.39 is 31.3 Å². The van der Waals surface area contributed by atoms with Crippen molar-refractivity contribution in [3.63, 3.8) is 0 Å². The highest BCUT2D eigenvalue weighted by molar-refractivity contribution is 7.39. The zero-order valence-electron chi connectivity index (χ0n) is 23.3. The minimum absolute atomic E-state index is 0.0755. The molecule has 0 aliphatic carbocycles. The van der Waals surface area contributed by atoms with Gasteiger partial charge in [-0.2, -0.15) is 5.26 Å². The van der Waals surface area contributed by atoms with Crippen LogP contribution in [0, 0.1) is 28.4 Å². The number of benzene rings is 1. The first-order valence-electron chi connectivity index (χ1n) is 12.0. The first-order chi connectivity index (χ1) is 18.1. The molecule has 0 saturated carbocycles. The largest absolute Gasteiger partial charge is 0.468 e. The normalized spacial score (nSPS) is 11.7. The van der Waals surface area contributed by atoms with Gasteiger partial charge in [0.15, 0.2) is 11.6 Å². The Kier molecular flexibility index (Phi) is 13.3. The van der Waals surface area contributed by atoms with Gasteiger partial charge < -0.3 is 28.4 Å². The minimum Gasteiger partial charge on any atom is -0.468 e. The molecule has 14 heteroatoms. The summed E-state index contributed by atoms with van der Waals surface area (Å²) in [5.74, 6) is -1.89. The van der Waals surface area contributed by atoms with E-state index in [1.807, 2.05) is 20.8 Å². The Bertz CT molecular complexity index is 1150. The number of anilines is 1. The summed E-state index contributed by atoms with van der Waals surface area (Å²) in [5.41, 5.74) is -1.85. The molecule has 1 amide bonds. The minimum atomic E-state index is -2.24. The van der Waals surface area contributed by atoms with Crippen molar-refractivity contribution in [1.82, 2.24) is 9.55 Å². The number of nitriles is 1. The maximum absolute atomic E-state index is 15.0. The number of ether oxygens (including phenoxy) is 2. The Morgan fingerprint density at radius 1 is 1.21 bits per heavy atom. The van der Waals surface area contributed by atoms with Crippen molar-refractivity contribution >= 4 is 38.0 Å². The van der Waals surface area contributed by atoms with Crippen LogP contribution in [0.15, 0.2) is 6.07 Å². The van der Waals surface area contributed by atoms with E-state index >= 15 is 0 Å². The van der Waals surface area contributed by atoms with Crippen molar-refractivity contribution in [2.45, 2.75) is 66.3 Å². The Hall–Kier alpha value is -2.75. The lowest BCUT2D eigenvalue weighted by Crippen LogP contribution is -2.39. The number of carbonyl (C=O) groups is 2. The second kappa shape index (κ2) is 15.1. The summed E-state index contributed by atoms with van der Waals surface area (Å²) in [6, 6.07) is 2.48. The molecular weight excluding hydrogens is 537 g/mol. The topological polar surface area (TPSA) is 147 Å². The molecule has 0 aliphatic rings. The molecule has 0 saturated heterocycles. The van der Waals surface area contributed by atoms with Crippen molar-refractivity contribution in [2.24, 2.45) is 5.41 Å². The molecule has 2 aromatic rings. The van der Waals surface area contributed by atoms with Crippen LogP contribution in [0.1, 0.15) is 66.4 Å². The number of imidazole rings is 1. The third-order valence-corrected chi connectivity index (χ3v) is 5.42. The second-order valence-corrected chi connectivity index (χ2v) is 11.4. The summed E-state index contributed by atoms with van der Waals surface area (Å²) >= 11 is 0. The van der Waals surface area contributed by atoms with Gasteiger partial charge in [-0.25, -0.2) is 13.8 Å². The Balaban J connectivity index is 0.000000584. The SMILES string of the molecule is COCN(C(=O)CC(C)(C)C)c1nc2c(F)cc(C#N)c(F)c2n1C(C)(C)C.O=COCCCCOP(O)O. The van der Waals surface area contributed by atoms with Crippen LogP contribution in [-0.4, -0.2) is 58.8 Å². The number of amides is 1. The Morgan fingerprint density at radius 3 is 2.31 bits per heavy atom. The summed E-state index contributed by atoms with van der Waals surface area (Å²) in [6.45, 7) is 12.0. The maximum Gasteiger partial charge on any atom is 0.327 e. The van der Waals surface area contributed by atoms with E-state index in [-0.39, 0.29) is 48.1 Å². The number of hydrogen-bond acceptors (Lipinski definition) is 9. The first-order valence-corrected chi connectivity index (χ1v) is 13.2. The fourth-order valence-electron chi connectivity index (χ4n) is 3.46. The van der Waals surface area contributed by atoms with E-state index in [4.69, 9.17) is 19.8 Å². The van der Waals surface area contributed by atoms with Gasteiger partial charge in [-0.15, -0.1) is 0 Å². The molecule has 39 heavy (non-hydrogen) atoms. The summed E-state index contributed by atoms with van der Waals surface area (Å²) in [5, 5.41) is 9.14. The number of hydrogen-bond donors (Lipinski definition) is 2. The first kappa shape index (κ1) is 34.3. The van der Waals surface area contributed by atoms with Crippen LogP contribution in [0.2, 0.25) is 0 Å². The molecule has 0 radical (unpaired) electrons. The molecule has 0 bridgehead atoms. The number of nitrogens with zero attached hydrogens (tertiary/aromatic N) is 4. The van der Waals surface area contributed by atoms with E-state index in [0.717, 1.165) is 6.07 Å². The number of fused-ring (bicyclic) bond motifs is 1. The molecule has 1 aromatic heterocycles. The quantitative estimate of drug-likeness (QED) is 0.172. The number of halogens is 2. The van der Waals surface area contributed by atoms with Crippen LogP contribution in [0.4, 0.5) is 14.7 Å². The molecule has 2 rings (SSSR count). The summed E-state index contributed by atoms with van der Waals surface area (Å²) < 4.78 is 45.0. The third kappa shape index (κ3) is 10.4. The number of unbranched alkanes of at least 4 members (excludes halogenated alkanes) is 1. The summed E-state index contributed by atoms with van der Waals surface area (Å²) in [7, 11) is -0.808. The van der Waals surface area contributed by atoms with Crippen LogP contribution in [0.5, 0.6) is 0 Å². The predicted molar refractivity (Wildman–Crippen MR) is 141 cm³/mol. The Labute approximate surface area is 228 Å². The standard InChI is InChI=1S/C20H26F2N4O2.C5H11O5P/c1-19(2,3)9-14(27)25(11-28-7)18-24-16-13(21)8-12(10-23)15(22)17(16)26(18)20(4,5)6;6-5-9-3-1-2-4-10-11(7)8/h8H,9,11H2,1-7H3;5,7-8H,1-4H2. The third-order valence-electron chi connectivity index (χ3n) is 5.01. The van der Waals surface area contributed by atoms with Gasteiger partial charge in [0.25, 0.3) is 6.47 Å². The summed E-state index contributed by atoms with van der Waals surface area (Å²) in [4.78, 5) is 44.6. The van der Waals surface area contributed by atoms with Crippen molar-refractivity contribution in [3.8, 4) is 6.07 Å². The van der Waals surface area contributed by atoms with Crippen LogP contribution >= 0.6 is 8.60 Å². The highest BCUT2D eigenvalue weighted by Gasteiger charge is 2.33. The Morgan fingerprint density at radius 2 is 1.82 bits per heavy atom. The van der Waals surface area contributed by atoms with Gasteiger partial charge in [0.2, 0.25) is 11.9 Å². The van der Waals surface area contributed by atoms with Crippen molar-refractivity contribution in [2.75, 3.05) is 32.0 Å². The molecule has 1 heterocycles. The van der Waals surface area contributed by atoms with Crippen LogP contribution in [-0.2, 0) is 29.1 Å². The molecule has 218 valence electrons. The molecule has 0 fully saturated rings. The zero-order chi connectivity index (χ0) is 30.0. The fourth-order valence-corrected chi connectivity index (χ4v) is 3.75.